The highest BCUT2D eigenvalue weighted by molar-refractivity contribution is 6.04. The quantitative estimate of drug-likeness (QED) is 0.861. The first-order valence-corrected chi connectivity index (χ1v) is 6.98. The Labute approximate surface area is 127 Å². The van der Waals surface area contributed by atoms with Gasteiger partial charge in [-0.25, -0.2) is 0 Å². The summed E-state index contributed by atoms with van der Waals surface area (Å²) in [5, 5.41) is 11.5. The van der Waals surface area contributed by atoms with Gasteiger partial charge in [-0.15, -0.1) is 0 Å². The van der Waals surface area contributed by atoms with Crippen molar-refractivity contribution in [2.24, 2.45) is 0 Å². The minimum atomic E-state index is -0.150. The van der Waals surface area contributed by atoms with Crippen LogP contribution in [0, 0.1) is 18.3 Å². The van der Waals surface area contributed by atoms with Gasteiger partial charge in [0.25, 0.3) is 5.91 Å². The maximum atomic E-state index is 11.9. The Morgan fingerprint density at radius 3 is 2.33 bits per heavy atom. The number of rotatable bonds is 2. The van der Waals surface area contributed by atoms with Crippen molar-refractivity contribution in [1.29, 1.82) is 5.26 Å². The first kappa shape index (κ1) is 16.5. The third-order valence-electron chi connectivity index (χ3n) is 2.55. The van der Waals surface area contributed by atoms with Crippen LogP contribution in [0.2, 0.25) is 0 Å². The Hall–Kier alpha value is -2.60. The van der Waals surface area contributed by atoms with E-state index in [1.165, 1.54) is 6.42 Å². The van der Waals surface area contributed by atoms with E-state index >= 15 is 0 Å². The molecular weight excluding hydrogens is 260 g/mol. The number of benzene rings is 2. The van der Waals surface area contributed by atoms with Crippen LogP contribution in [0.1, 0.15) is 43.2 Å². The van der Waals surface area contributed by atoms with Crippen molar-refractivity contribution in [3.8, 4) is 6.07 Å². The minimum Gasteiger partial charge on any atom is -0.322 e. The molecule has 0 aliphatic rings. The predicted molar refractivity (Wildman–Crippen MR) is 88.4 cm³/mol. The molecule has 0 unspecified atom stereocenters. The lowest BCUT2D eigenvalue weighted by molar-refractivity contribution is 0.102. The maximum Gasteiger partial charge on any atom is 0.255 e. The number of anilines is 1. The molecule has 0 spiro atoms. The van der Waals surface area contributed by atoms with Gasteiger partial charge < -0.3 is 5.32 Å². The van der Waals surface area contributed by atoms with E-state index in [2.05, 4.69) is 19.2 Å². The molecule has 3 heteroatoms. The Balaban J connectivity index is 0.00000102. The monoisotopic (exact) mass is 282 g/mol. The molecule has 21 heavy (non-hydrogen) atoms. The molecule has 2 aromatic rings. The van der Waals surface area contributed by atoms with Crippen LogP contribution >= 0.6 is 0 Å². The summed E-state index contributed by atoms with van der Waals surface area (Å²) in [7, 11) is 0. The number of carbonyl (C=O) groups excluding carboxylic acids is 1. The van der Waals surface area contributed by atoms with Crippen LogP contribution in [0.5, 0.6) is 0 Å². The summed E-state index contributed by atoms with van der Waals surface area (Å²) in [4.78, 5) is 11.9. The van der Waals surface area contributed by atoms with E-state index in [1.807, 2.05) is 31.2 Å². The summed E-state index contributed by atoms with van der Waals surface area (Å²) in [6.07, 6.45) is 1.25. The van der Waals surface area contributed by atoms with Crippen molar-refractivity contribution in [2.75, 3.05) is 5.32 Å². The predicted octanol–water partition coefficient (Wildman–Crippen LogP) is 4.78. The van der Waals surface area contributed by atoms with Gasteiger partial charge in [-0.1, -0.05) is 38.0 Å². The molecule has 0 fully saturated rings. The van der Waals surface area contributed by atoms with Crippen molar-refractivity contribution >= 4 is 11.6 Å². The van der Waals surface area contributed by atoms with Crippen molar-refractivity contribution in [3.05, 3.63) is 65.2 Å². The van der Waals surface area contributed by atoms with Crippen LogP contribution in [-0.2, 0) is 0 Å². The smallest absolute Gasteiger partial charge is 0.255 e. The van der Waals surface area contributed by atoms with E-state index in [0.717, 1.165) is 5.56 Å². The lowest BCUT2D eigenvalue weighted by Crippen LogP contribution is -2.11. The number of aryl methyl sites for hydroxylation is 1. The molecule has 0 aromatic heterocycles. The van der Waals surface area contributed by atoms with Crippen molar-refractivity contribution < 1.29 is 6.22 Å². The zero-order valence-electron chi connectivity index (χ0n) is 12.7. The SMILES string of the molecule is CCC.Cc1cccc(C(=O)Nc2ccc(C#N)cc2)c1.[HH]. The van der Waals surface area contributed by atoms with E-state index in [4.69, 9.17) is 5.26 Å². The van der Waals surface area contributed by atoms with Gasteiger partial charge in [0.1, 0.15) is 0 Å². The normalized spacial score (nSPS) is 9.05. The highest BCUT2D eigenvalue weighted by atomic mass is 16.1. The van der Waals surface area contributed by atoms with Crippen LogP contribution in [0.25, 0.3) is 0 Å². The zero-order valence-corrected chi connectivity index (χ0v) is 12.7. The molecule has 0 saturated heterocycles. The minimum absolute atomic E-state index is 0. The topological polar surface area (TPSA) is 52.9 Å². The zero-order chi connectivity index (χ0) is 15.7. The highest BCUT2D eigenvalue weighted by Crippen LogP contribution is 2.11. The van der Waals surface area contributed by atoms with E-state index in [1.54, 1.807) is 30.3 Å². The van der Waals surface area contributed by atoms with E-state index in [0.29, 0.717) is 16.8 Å². The lowest BCUT2D eigenvalue weighted by Gasteiger charge is -2.05. The standard InChI is InChI=1S/C15H12N2O.C3H8.H2/c1-11-3-2-4-13(9-11)15(18)17-14-7-5-12(10-16)6-8-14;1-3-2;/h2-9H,1H3,(H,17,18);3H2,1-2H3;1H. The molecule has 1 amide bonds. The third-order valence-corrected chi connectivity index (χ3v) is 2.55. The molecule has 0 heterocycles. The van der Waals surface area contributed by atoms with Gasteiger partial charge in [0.05, 0.1) is 11.6 Å². The average molecular weight is 282 g/mol. The molecule has 0 radical (unpaired) electrons. The first-order chi connectivity index (χ1) is 10.1. The van der Waals surface area contributed by atoms with Gasteiger partial charge in [-0.05, 0) is 43.3 Å². The molecule has 0 bridgehead atoms. The molecule has 0 aliphatic carbocycles. The number of nitrogens with one attached hydrogen (secondary N) is 1. The fourth-order valence-corrected chi connectivity index (χ4v) is 1.62. The molecule has 0 atom stereocenters. The number of nitrogens with zero attached hydrogens (tertiary/aromatic N) is 1. The fourth-order valence-electron chi connectivity index (χ4n) is 1.62. The van der Waals surface area contributed by atoms with Crippen molar-refractivity contribution in [1.82, 2.24) is 0 Å². The van der Waals surface area contributed by atoms with Gasteiger partial charge in [-0.3, -0.25) is 4.79 Å². The molecule has 1 N–H and O–H groups in total. The van der Waals surface area contributed by atoms with Gasteiger partial charge in [-0.2, -0.15) is 5.26 Å². The molecule has 2 rings (SSSR count). The number of carbonyl (C=O) groups is 1. The second-order valence-corrected chi connectivity index (χ2v) is 4.72. The first-order valence-electron chi connectivity index (χ1n) is 6.98. The van der Waals surface area contributed by atoms with Gasteiger partial charge in [0, 0.05) is 12.7 Å². The van der Waals surface area contributed by atoms with Crippen molar-refractivity contribution in [3.63, 3.8) is 0 Å². The van der Waals surface area contributed by atoms with Crippen LogP contribution < -0.4 is 5.32 Å². The molecule has 3 nitrogen and oxygen atoms in total. The molecule has 2 aromatic carbocycles. The number of hydrogen-bond donors (Lipinski definition) is 1. The largest absolute Gasteiger partial charge is 0.322 e. The Bertz CT molecular complexity index is 630. The van der Waals surface area contributed by atoms with Gasteiger partial charge in [0.15, 0.2) is 0 Å². The summed E-state index contributed by atoms with van der Waals surface area (Å²) < 4.78 is 0. The maximum absolute atomic E-state index is 11.9. The second-order valence-electron chi connectivity index (χ2n) is 4.72. The fraction of sp³-hybridized carbons (Fsp3) is 0.222. The number of amides is 1. The molecule has 0 saturated carbocycles. The number of nitriles is 1. The molecule has 110 valence electrons. The molecular formula is C18H22N2O. The van der Waals surface area contributed by atoms with Crippen LogP contribution in [-0.4, -0.2) is 5.91 Å². The van der Waals surface area contributed by atoms with E-state index in [-0.39, 0.29) is 7.33 Å². The molecule has 0 aliphatic heterocycles. The Kier molecular flexibility index (Phi) is 6.70. The van der Waals surface area contributed by atoms with Gasteiger partial charge in [0.2, 0.25) is 0 Å². The summed E-state index contributed by atoms with van der Waals surface area (Å²) in [5.41, 5.74) is 2.92. The highest BCUT2D eigenvalue weighted by Gasteiger charge is 2.05. The summed E-state index contributed by atoms with van der Waals surface area (Å²) in [6, 6.07) is 16.2. The van der Waals surface area contributed by atoms with E-state index < -0.39 is 0 Å². The average Bonchev–Trinajstić information content (AvgIpc) is 2.49. The summed E-state index contributed by atoms with van der Waals surface area (Å²) >= 11 is 0. The van der Waals surface area contributed by atoms with E-state index in [9.17, 15) is 4.79 Å². The summed E-state index contributed by atoms with van der Waals surface area (Å²) in [5.74, 6) is -0.150. The number of hydrogen-bond acceptors (Lipinski definition) is 2. The van der Waals surface area contributed by atoms with Crippen molar-refractivity contribution in [2.45, 2.75) is 27.2 Å². The van der Waals surface area contributed by atoms with Crippen LogP contribution in [0.3, 0.4) is 0 Å². The van der Waals surface area contributed by atoms with Gasteiger partial charge >= 0.3 is 0 Å². The summed E-state index contributed by atoms with van der Waals surface area (Å²) in [6.45, 7) is 6.19. The second kappa shape index (κ2) is 8.55. The third kappa shape index (κ3) is 5.50. The Morgan fingerprint density at radius 1 is 1.19 bits per heavy atom. The van der Waals surface area contributed by atoms with Crippen LogP contribution in [0.15, 0.2) is 48.5 Å². The Morgan fingerprint density at radius 2 is 1.81 bits per heavy atom. The lowest BCUT2D eigenvalue weighted by atomic mass is 10.1. The van der Waals surface area contributed by atoms with Crippen LogP contribution in [0.4, 0.5) is 5.69 Å².